The summed E-state index contributed by atoms with van der Waals surface area (Å²) in [6, 6.07) is 7.70. The summed E-state index contributed by atoms with van der Waals surface area (Å²) in [4.78, 5) is 13.4. The molecule has 3 heteroatoms. The van der Waals surface area contributed by atoms with Crippen molar-refractivity contribution in [2.24, 2.45) is 0 Å². The average molecular weight is 221 g/mol. The molecule has 0 aliphatic heterocycles. The van der Waals surface area contributed by atoms with Gasteiger partial charge in [0.25, 0.3) is 5.91 Å². The van der Waals surface area contributed by atoms with E-state index in [0.29, 0.717) is 6.54 Å². The molecular weight excluding hydrogens is 202 g/mol. The van der Waals surface area contributed by atoms with E-state index in [1.165, 1.54) is 5.56 Å². The van der Waals surface area contributed by atoms with Gasteiger partial charge in [-0.1, -0.05) is 17.7 Å². The molecule has 1 unspecified atom stereocenters. The first kappa shape index (κ1) is 12.6. The number of ether oxygens (including phenoxy) is 1. The summed E-state index contributed by atoms with van der Waals surface area (Å²) in [5.74, 6) is 0.735. The molecule has 1 rings (SSSR count). The largest absolute Gasteiger partial charge is 0.481 e. The van der Waals surface area contributed by atoms with E-state index >= 15 is 0 Å². The summed E-state index contributed by atoms with van der Waals surface area (Å²) in [5.41, 5.74) is 1.18. The minimum absolute atomic E-state index is 0.00285. The summed E-state index contributed by atoms with van der Waals surface area (Å²) >= 11 is 0. The molecule has 0 aliphatic carbocycles. The normalized spacial score (nSPS) is 12.0. The van der Waals surface area contributed by atoms with Crippen LogP contribution in [0.1, 0.15) is 19.4 Å². The lowest BCUT2D eigenvalue weighted by Gasteiger charge is -2.20. The molecule has 0 fully saturated rings. The van der Waals surface area contributed by atoms with Gasteiger partial charge in [0.15, 0.2) is 6.10 Å². The number of nitrogens with zero attached hydrogens (tertiary/aromatic N) is 1. The standard InChI is InChI=1S/C13H19NO2/c1-5-14(4)13(15)11(3)16-12-8-6-10(2)7-9-12/h6-9,11H,5H2,1-4H3. The van der Waals surface area contributed by atoms with Crippen LogP contribution in [0.2, 0.25) is 0 Å². The molecule has 0 aromatic heterocycles. The first-order valence-corrected chi connectivity index (χ1v) is 5.53. The van der Waals surface area contributed by atoms with Crippen LogP contribution in [-0.2, 0) is 4.79 Å². The average Bonchev–Trinajstić information content (AvgIpc) is 2.30. The number of amides is 1. The third kappa shape index (κ3) is 3.26. The van der Waals surface area contributed by atoms with E-state index in [-0.39, 0.29) is 5.91 Å². The molecule has 0 saturated heterocycles. The Morgan fingerprint density at radius 2 is 1.94 bits per heavy atom. The molecule has 0 aliphatic rings. The van der Waals surface area contributed by atoms with E-state index in [1.54, 1.807) is 18.9 Å². The van der Waals surface area contributed by atoms with Crippen LogP contribution in [0.3, 0.4) is 0 Å². The topological polar surface area (TPSA) is 29.5 Å². The van der Waals surface area contributed by atoms with Crippen LogP contribution in [0.15, 0.2) is 24.3 Å². The highest BCUT2D eigenvalue weighted by Crippen LogP contribution is 2.13. The summed E-state index contributed by atoms with van der Waals surface area (Å²) in [6.45, 7) is 6.43. The number of hydrogen-bond donors (Lipinski definition) is 0. The van der Waals surface area contributed by atoms with Crippen molar-refractivity contribution in [3.05, 3.63) is 29.8 Å². The zero-order valence-corrected chi connectivity index (χ0v) is 10.4. The van der Waals surface area contributed by atoms with Gasteiger partial charge in [0.2, 0.25) is 0 Å². The van der Waals surface area contributed by atoms with Crippen LogP contribution >= 0.6 is 0 Å². The van der Waals surface area contributed by atoms with Gasteiger partial charge >= 0.3 is 0 Å². The van der Waals surface area contributed by atoms with E-state index in [0.717, 1.165) is 5.75 Å². The molecule has 0 heterocycles. The Kier molecular flexibility index (Phi) is 4.35. The Morgan fingerprint density at radius 3 is 2.44 bits per heavy atom. The quantitative estimate of drug-likeness (QED) is 0.780. The highest BCUT2D eigenvalue weighted by Gasteiger charge is 2.17. The van der Waals surface area contributed by atoms with Crippen molar-refractivity contribution in [3.63, 3.8) is 0 Å². The van der Waals surface area contributed by atoms with Gasteiger partial charge < -0.3 is 9.64 Å². The lowest BCUT2D eigenvalue weighted by Crippen LogP contribution is -2.37. The maximum atomic E-state index is 11.7. The Balaban J connectivity index is 2.60. The monoisotopic (exact) mass is 221 g/mol. The fourth-order valence-electron chi connectivity index (χ4n) is 1.34. The zero-order valence-electron chi connectivity index (χ0n) is 10.4. The summed E-state index contributed by atoms with van der Waals surface area (Å²) in [6.07, 6.45) is -0.437. The molecule has 1 aromatic rings. The minimum atomic E-state index is -0.437. The van der Waals surface area contributed by atoms with E-state index in [4.69, 9.17) is 4.74 Å². The maximum absolute atomic E-state index is 11.7. The predicted octanol–water partition coefficient (Wildman–Crippen LogP) is 2.24. The number of carbonyl (C=O) groups is 1. The molecular formula is C13H19NO2. The predicted molar refractivity (Wildman–Crippen MR) is 64.6 cm³/mol. The molecule has 0 bridgehead atoms. The van der Waals surface area contributed by atoms with Crippen LogP contribution in [0.4, 0.5) is 0 Å². The number of benzene rings is 1. The molecule has 1 aromatic carbocycles. The van der Waals surface area contributed by atoms with Crippen LogP contribution < -0.4 is 4.74 Å². The Hall–Kier alpha value is -1.51. The Labute approximate surface area is 97.0 Å². The lowest BCUT2D eigenvalue weighted by molar-refractivity contribution is -0.136. The van der Waals surface area contributed by atoms with Crippen molar-refractivity contribution >= 4 is 5.91 Å². The highest BCUT2D eigenvalue weighted by atomic mass is 16.5. The number of carbonyl (C=O) groups excluding carboxylic acids is 1. The van der Waals surface area contributed by atoms with Crippen molar-refractivity contribution in [1.82, 2.24) is 4.90 Å². The van der Waals surface area contributed by atoms with E-state index in [1.807, 2.05) is 38.1 Å². The molecule has 0 saturated carbocycles. The molecule has 1 atom stereocenters. The third-order valence-electron chi connectivity index (χ3n) is 2.53. The third-order valence-corrected chi connectivity index (χ3v) is 2.53. The first-order chi connectivity index (χ1) is 7.54. The van der Waals surface area contributed by atoms with Crippen molar-refractivity contribution in [2.75, 3.05) is 13.6 Å². The van der Waals surface area contributed by atoms with Crippen LogP contribution in [0.5, 0.6) is 5.75 Å². The van der Waals surface area contributed by atoms with Crippen molar-refractivity contribution in [2.45, 2.75) is 26.9 Å². The van der Waals surface area contributed by atoms with Crippen LogP contribution in [0, 0.1) is 6.92 Å². The molecule has 0 spiro atoms. The lowest BCUT2D eigenvalue weighted by atomic mass is 10.2. The zero-order chi connectivity index (χ0) is 12.1. The second-order valence-electron chi connectivity index (χ2n) is 3.93. The molecule has 16 heavy (non-hydrogen) atoms. The minimum Gasteiger partial charge on any atom is -0.481 e. The van der Waals surface area contributed by atoms with Gasteiger partial charge in [-0.15, -0.1) is 0 Å². The smallest absolute Gasteiger partial charge is 0.263 e. The van der Waals surface area contributed by atoms with Crippen molar-refractivity contribution < 1.29 is 9.53 Å². The first-order valence-electron chi connectivity index (χ1n) is 5.53. The Bertz CT molecular complexity index is 345. The van der Waals surface area contributed by atoms with Crippen molar-refractivity contribution in [1.29, 1.82) is 0 Å². The van der Waals surface area contributed by atoms with Gasteiger partial charge in [0.1, 0.15) is 5.75 Å². The van der Waals surface area contributed by atoms with Gasteiger partial charge in [0.05, 0.1) is 0 Å². The van der Waals surface area contributed by atoms with Crippen LogP contribution in [-0.4, -0.2) is 30.5 Å². The summed E-state index contributed by atoms with van der Waals surface area (Å²) in [7, 11) is 1.78. The number of likely N-dealkylation sites (N-methyl/N-ethyl adjacent to an activating group) is 1. The van der Waals surface area contributed by atoms with Crippen molar-refractivity contribution in [3.8, 4) is 5.75 Å². The highest BCUT2D eigenvalue weighted by molar-refractivity contribution is 5.80. The molecule has 88 valence electrons. The number of rotatable bonds is 4. The van der Waals surface area contributed by atoms with E-state index in [2.05, 4.69) is 0 Å². The van der Waals surface area contributed by atoms with Gasteiger partial charge in [-0.2, -0.15) is 0 Å². The molecule has 1 amide bonds. The van der Waals surface area contributed by atoms with Gasteiger partial charge in [-0.25, -0.2) is 0 Å². The number of aryl methyl sites for hydroxylation is 1. The second-order valence-corrected chi connectivity index (χ2v) is 3.93. The molecule has 3 nitrogen and oxygen atoms in total. The molecule has 0 N–H and O–H groups in total. The van der Waals surface area contributed by atoms with Gasteiger partial charge in [-0.05, 0) is 32.9 Å². The Morgan fingerprint density at radius 1 is 1.38 bits per heavy atom. The SMILES string of the molecule is CCN(C)C(=O)C(C)Oc1ccc(C)cc1. The fourth-order valence-corrected chi connectivity index (χ4v) is 1.34. The summed E-state index contributed by atoms with van der Waals surface area (Å²) < 4.78 is 5.56. The fraction of sp³-hybridized carbons (Fsp3) is 0.462. The van der Waals surface area contributed by atoms with Gasteiger partial charge in [-0.3, -0.25) is 4.79 Å². The number of hydrogen-bond acceptors (Lipinski definition) is 2. The second kappa shape index (κ2) is 5.54. The molecule has 0 radical (unpaired) electrons. The van der Waals surface area contributed by atoms with E-state index < -0.39 is 6.10 Å². The maximum Gasteiger partial charge on any atom is 0.263 e. The van der Waals surface area contributed by atoms with Gasteiger partial charge in [0, 0.05) is 13.6 Å². The van der Waals surface area contributed by atoms with Crippen LogP contribution in [0.25, 0.3) is 0 Å². The summed E-state index contributed by atoms with van der Waals surface area (Å²) in [5, 5.41) is 0. The van der Waals surface area contributed by atoms with E-state index in [9.17, 15) is 4.79 Å².